The second kappa shape index (κ2) is 4.29. The molecule has 2 nitrogen and oxygen atoms in total. The third-order valence-corrected chi connectivity index (χ3v) is 1.91. The van der Waals surface area contributed by atoms with Crippen LogP contribution in [0.15, 0.2) is 12.2 Å². The summed E-state index contributed by atoms with van der Waals surface area (Å²) >= 11 is 0. The maximum Gasteiger partial charge on any atom is 0.124 e. The fraction of sp³-hybridized carbons (Fsp3) is 0.667. The van der Waals surface area contributed by atoms with Gasteiger partial charge in [0.15, 0.2) is 0 Å². The number of rotatable bonds is 4. The van der Waals surface area contributed by atoms with Gasteiger partial charge in [-0.2, -0.15) is 0 Å². The molecule has 0 spiro atoms. The molecule has 0 amide bonds. The molecule has 1 fully saturated rings. The van der Waals surface area contributed by atoms with Crippen molar-refractivity contribution in [2.75, 3.05) is 6.61 Å². The van der Waals surface area contributed by atoms with Gasteiger partial charge in [0.25, 0.3) is 0 Å². The van der Waals surface area contributed by atoms with Gasteiger partial charge in [-0.1, -0.05) is 12.2 Å². The molecule has 11 heavy (non-hydrogen) atoms. The fourth-order valence-electron chi connectivity index (χ4n) is 1.33. The van der Waals surface area contributed by atoms with E-state index in [0.29, 0.717) is 12.5 Å². The van der Waals surface area contributed by atoms with E-state index in [-0.39, 0.29) is 0 Å². The van der Waals surface area contributed by atoms with E-state index < -0.39 is 0 Å². The number of hydrogen-bond donors (Lipinski definition) is 0. The highest BCUT2D eigenvalue weighted by molar-refractivity contribution is 5.53. The van der Waals surface area contributed by atoms with Crippen LogP contribution in [-0.4, -0.2) is 19.0 Å². The number of carbonyl (C=O) groups is 1. The van der Waals surface area contributed by atoms with Crippen LogP contribution >= 0.6 is 0 Å². The largest absolute Gasteiger partial charge is 0.378 e. The molecule has 0 aliphatic carbocycles. The van der Waals surface area contributed by atoms with Gasteiger partial charge in [-0.25, -0.2) is 0 Å². The van der Waals surface area contributed by atoms with E-state index in [4.69, 9.17) is 4.74 Å². The summed E-state index contributed by atoms with van der Waals surface area (Å²) in [4.78, 5) is 10.1. The van der Waals surface area contributed by atoms with Gasteiger partial charge in [0.05, 0.1) is 6.10 Å². The lowest BCUT2D eigenvalue weighted by atomic mass is 10.1. The Balaban J connectivity index is 2.18. The van der Waals surface area contributed by atoms with Gasteiger partial charge < -0.3 is 9.53 Å². The Bertz CT molecular complexity index is 146. The van der Waals surface area contributed by atoms with Crippen molar-refractivity contribution in [1.82, 2.24) is 0 Å². The number of ether oxygens (including phenoxy) is 1. The molecule has 62 valence electrons. The molecule has 2 heteroatoms. The molecule has 1 heterocycles. The van der Waals surface area contributed by atoms with E-state index in [9.17, 15) is 4.79 Å². The molecule has 0 bridgehead atoms. The number of carbonyl (C=O) groups excluding carboxylic acids is 1. The van der Waals surface area contributed by atoms with Crippen LogP contribution in [0.3, 0.4) is 0 Å². The summed E-state index contributed by atoms with van der Waals surface area (Å²) in [5.41, 5.74) is 0.993. The monoisotopic (exact) mass is 154 g/mol. The van der Waals surface area contributed by atoms with Crippen LogP contribution in [0.4, 0.5) is 0 Å². The smallest absolute Gasteiger partial charge is 0.124 e. The molecule has 0 aromatic carbocycles. The van der Waals surface area contributed by atoms with Crippen molar-refractivity contribution in [3.63, 3.8) is 0 Å². The van der Waals surface area contributed by atoms with Crippen LogP contribution in [0.5, 0.6) is 0 Å². The predicted molar refractivity (Wildman–Crippen MR) is 43.4 cm³/mol. The molecule has 1 aliphatic heterocycles. The maximum absolute atomic E-state index is 10.1. The minimum absolute atomic E-state index is 0.336. The van der Waals surface area contributed by atoms with Gasteiger partial charge in [-0.05, 0) is 19.3 Å². The normalized spacial score (nSPS) is 23.5. The van der Waals surface area contributed by atoms with Gasteiger partial charge in [0.1, 0.15) is 6.29 Å². The van der Waals surface area contributed by atoms with E-state index in [2.05, 4.69) is 6.58 Å². The van der Waals surface area contributed by atoms with Crippen molar-refractivity contribution in [2.45, 2.75) is 31.8 Å². The minimum Gasteiger partial charge on any atom is -0.378 e. The van der Waals surface area contributed by atoms with Crippen LogP contribution in [-0.2, 0) is 9.53 Å². The molecule has 1 atom stereocenters. The summed E-state index contributed by atoms with van der Waals surface area (Å²) < 4.78 is 5.39. The van der Waals surface area contributed by atoms with E-state index in [0.717, 1.165) is 37.7 Å². The summed E-state index contributed by atoms with van der Waals surface area (Å²) in [5, 5.41) is 0. The molecule has 0 aromatic rings. The van der Waals surface area contributed by atoms with Crippen molar-refractivity contribution in [1.29, 1.82) is 0 Å². The van der Waals surface area contributed by atoms with Gasteiger partial charge in [0.2, 0.25) is 0 Å². The number of aldehydes is 1. The molecule has 1 aliphatic rings. The van der Waals surface area contributed by atoms with Crippen molar-refractivity contribution in [2.24, 2.45) is 0 Å². The minimum atomic E-state index is 0.336. The standard InChI is InChI=1S/C9H14O2/c1-8(4-5-10)7-9-3-2-6-11-9/h5,9H,1-4,6-7H2. The lowest BCUT2D eigenvalue weighted by molar-refractivity contribution is -0.107. The zero-order valence-corrected chi connectivity index (χ0v) is 6.71. The third kappa shape index (κ3) is 2.85. The van der Waals surface area contributed by atoms with Gasteiger partial charge in [0, 0.05) is 13.0 Å². The molecule has 0 saturated carbocycles. The zero-order chi connectivity index (χ0) is 8.10. The lowest BCUT2D eigenvalue weighted by Crippen LogP contribution is -2.05. The van der Waals surface area contributed by atoms with Crippen LogP contribution in [0.1, 0.15) is 25.7 Å². The fourth-order valence-corrected chi connectivity index (χ4v) is 1.33. The summed E-state index contributed by atoms with van der Waals surface area (Å²) in [7, 11) is 0. The second-order valence-corrected chi connectivity index (χ2v) is 2.96. The topological polar surface area (TPSA) is 26.3 Å². The molecule has 1 rings (SSSR count). The first-order chi connectivity index (χ1) is 5.33. The van der Waals surface area contributed by atoms with Gasteiger partial charge in [-0.15, -0.1) is 0 Å². The van der Waals surface area contributed by atoms with E-state index in [1.165, 1.54) is 0 Å². The maximum atomic E-state index is 10.1. The van der Waals surface area contributed by atoms with Crippen molar-refractivity contribution in [3.05, 3.63) is 12.2 Å². The van der Waals surface area contributed by atoms with Crippen LogP contribution in [0.2, 0.25) is 0 Å². The van der Waals surface area contributed by atoms with E-state index >= 15 is 0 Å². The first kappa shape index (κ1) is 8.47. The zero-order valence-electron chi connectivity index (χ0n) is 6.71. The van der Waals surface area contributed by atoms with Crippen LogP contribution in [0.25, 0.3) is 0 Å². The Morgan fingerprint density at radius 1 is 1.73 bits per heavy atom. The van der Waals surface area contributed by atoms with Gasteiger partial charge in [-0.3, -0.25) is 0 Å². The molecular weight excluding hydrogens is 140 g/mol. The third-order valence-electron chi connectivity index (χ3n) is 1.91. The Labute approximate surface area is 67.2 Å². The Hall–Kier alpha value is -0.630. The Kier molecular flexibility index (Phi) is 3.30. The predicted octanol–water partition coefficient (Wildman–Crippen LogP) is 1.70. The van der Waals surface area contributed by atoms with E-state index in [1.54, 1.807) is 0 Å². The molecule has 0 aromatic heterocycles. The summed E-state index contributed by atoms with van der Waals surface area (Å²) in [6.07, 6.45) is 4.86. The molecule has 0 N–H and O–H groups in total. The van der Waals surface area contributed by atoms with Crippen molar-refractivity contribution >= 4 is 6.29 Å². The quantitative estimate of drug-likeness (QED) is 0.455. The molecule has 1 unspecified atom stereocenters. The average molecular weight is 154 g/mol. The Morgan fingerprint density at radius 3 is 3.09 bits per heavy atom. The molecule has 1 saturated heterocycles. The van der Waals surface area contributed by atoms with Crippen molar-refractivity contribution in [3.8, 4) is 0 Å². The first-order valence-electron chi connectivity index (χ1n) is 4.05. The summed E-state index contributed by atoms with van der Waals surface area (Å²) in [6.45, 7) is 4.67. The highest BCUT2D eigenvalue weighted by atomic mass is 16.5. The van der Waals surface area contributed by atoms with Crippen LogP contribution < -0.4 is 0 Å². The van der Waals surface area contributed by atoms with Crippen LogP contribution in [0, 0.1) is 0 Å². The molecular formula is C9H14O2. The van der Waals surface area contributed by atoms with Crippen molar-refractivity contribution < 1.29 is 9.53 Å². The Morgan fingerprint density at radius 2 is 2.55 bits per heavy atom. The first-order valence-corrected chi connectivity index (χ1v) is 4.05. The highest BCUT2D eigenvalue weighted by Gasteiger charge is 2.15. The van der Waals surface area contributed by atoms with Gasteiger partial charge >= 0.3 is 0 Å². The lowest BCUT2D eigenvalue weighted by Gasteiger charge is -2.08. The molecule has 0 radical (unpaired) electrons. The SMILES string of the molecule is C=C(CC=O)CC1CCCO1. The number of hydrogen-bond acceptors (Lipinski definition) is 2. The summed E-state index contributed by atoms with van der Waals surface area (Å²) in [5.74, 6) is 0. The highest BCUT2D eigenvalue weighted by Crippen LogP contribution is 2.19. The summed E-state index contributed by atoms with van der Waals surface area (Å²) in [6, 6.07) is 0. The van der Waals surface area contributed by atoms with E-state index in [1.807, 2.05) is 0 Å². The average Bonchev–Trinajstić information content (AvgIpc) is 2.40. The second-order valence-electron chi connectivity index (χ2n) is 2.96.